The summed E-state index contributed by atoms with van der Waals surface area (Å²) in [5.74, 6) is -0.101. The fourth-order valence-electron chi connectivity index (χ4n) is 2.27. The minimum Gasteiger partial charge on any atom is -0.368 e. The van der Waals surface area contributed by atoms with E-state index in [1.165, 1.54) is 11.3 Å². The van der Waals surface area contributed by atoms with Gasteiger partial charge in [-0.25, -0.2) is 4.98 Å². The zero-order chi connectivity index (χ0) is 14.7. The van der Waals surface area contributed by atoms with Crippen molar-refractivity contribution in [3.05, 3.63) is 45.9 Å². The number of nitrogens with one attached hydrogen (secondary N) is 1. The number of hydrogen-bond donors (Lipinski definition) is 1. The summed E-state index contributed by atoms with van der Waals surface area (Å²) in [4.78, 5) is 17.3. The highest BCUT2D eigenvalue weighted by atomic mass is 35.5. The number of benzene rings is 1. The monoisotopic (exact) mass is 322 g/mol. The van der Waals surface area contributed by atoms with Crippen LogP contribution in [-0.2, 0) is 16.0 Å². The minimum atomic E-state index is -0.328. The van der Waals surface area contributed by atoms with Crippen LogP contribution in [0.1, 0.15) is 23.3 Å². The van der Waals surface area contributed by atoms with E-state index in [0.717, 1.165) is 34.7 Å². The van der Waals surface area contributed by atoms with E-state index in [4.69, 9.17) is 16.3 Å². The second-order valence-corrected chi connectivity index (χ2v) is 6.48. The Morgan fingerprint density at radius 2 is 2.43 bits per heavy atom. The average molecular weight is 323 g/mol. The molecule has 3 rings (SSSR count). The molecule has 1 aliphatic rings. The van der Waals surface area contributed by atoms with Gasteiger partial charge in [-0.05, 0) is 30.5 Å². The zero-order valence-electron chi connectivity index (χ0n) is 11.3. The van der Waals surface area contributed by atoms with E-state index in [0.29, 0.717) is 11.7 Å². The number of hydrogen-bond acceptors (Lipinski definition) is 4. The smallest absolute Gasteiger partial charge is 0.255 e. The number of amides is 1. The fraction of sp³-hybridized carbons (Fsp3) is 0.333. The third kappa shape index (κ3) is 3.81. The fourth-order valence-corrected chi connectivity index (χ4v) is 3.33. The predicted octanol–water partition coefficient (Wildman–Crippen LogP) is 3.50. The van der Waals surface area contributed by atoms with Crippen molar-refractivity contribution >= 4 is 34.0 Å². The number of aromatic nitrogens is 1. The maximum absolute atomic E-state index is 11.9. The Morgan fingerprint density at radius 3 is 3.19 bits per heavy atom. The standard InChI is InChI=1S/C15H15ClN2O2S/c16-11-4-1-3-10(7-11)8-12-9-17-15(21-12)18-14(19)13-5-2-6-20-13/h1,3-4,7,9,13H,2,5-6,8H2,(H,17,18,19)/t13-/m1/s1. The summed E-state index contributed by atoms with van der Waals surface area (Å²) in [6, 6.07) is 7.74. The molecule has 1 atom stereocenters. The van der Waals surface area contributed by atoms with Crippen molar-refractivity contribution in [3.8, 4) is 0 Å². The second-order valence-electron chi connectivity index (χ2n) is 4.93. The number of ether oxygens (including phenoxy) is 1. The topological polar surface area (TPSA) is 51.2 Å². The lowest BCUT2D eigenvalue weighted by atomic mass is 10.1. The number of carbonyl (C=O) groups is 1. The molecule has 0 aliphatic carbocycles. The van der Waals surface area contributed by atoms with Crippen LogP contribution < -0.4 is 5.32 Å². The van der Waals surface area contributed by atoms with Crippen molar-refractivity contribution in [2.24, 2.45) is 0 Å². The molecular formula is C15H15ClN2O2S. The number of nitrogens with zero attached hydrogens (tertiary/aromatic N) is 1. The van der Waals surface area contributed by atoms with E-state index in [9.17, 15) is 4.79 Å². The summed E-state index contributed by atoms with van der Waals surface area (Å²) in [6.45, 7) is 0.663. The summed E-state index contributed by atoms with van der Waals surface area (Å²) in [7, 11) is 0. The van der Waals surface area contributed by atoms with Crippen molar-refractivity contribution in [2.75, 3.05) is 11.9 Å². The van der Waals surface area contributed by atoms with E-state index in [-0.39, 0.29) is 12.0 Å². The first-order valence-corrected chi connectivity index (χ1v) is 8.02. The van der Waals surface area contributed by atoms with Crippen LogP contribution in [0, 0.1) is 0 Å². The van der Waals surface area contributed by atoms with E-state index >= 15 is 0 Å². The zero-order valence-corrected chi connectivity index (χ0v) is 12.9. The third-order valence-electron chi connectivity index (χ3n) is 3.27. The number of anilines is 1. The number of halogens is 1. The van der Waals surface area contributed by atoms with Gasteiger partial charge in [-0.3, -0.25) is 10.1 Å². The Balaban J connectivity index is 1.62. The summed E-state index contributed by atoms with van der Waals surface area (Å²) in [5.41, 5.74) is 1.13. The molecule has 1 saturated heterocycles. The maximum atomic E-state index is 11.9. The van der Waals surface area contributed by atoms with Crippen molar-refractivity contribution < 1.29 is 9.53 Å². The molecule has 1 N–H and O–H groups in total. The molecule has 6 heteroatoms. The van der Waals surface area contributed by atoms with Crippen molar-refractivity contribution in [1.29, 1.82) is 0 Å². The molecular weight excluding hydrogens is 308 g/mol. The van der Waals surface area contributed by atoms with Gasteiger partial charge in [-0.1, -0.05) is 23.7 Å². The lowest BCUT2D eigenvalue weighted by molar-refractivity contribution is -0.124. The van der Waals surface area contributed by atoms with Crippen LogP contribution in [0.5, 0.6) is 0 Å². The van der Waals surface area contributed by atoms with Gasteiger partial charge in [0.15, 0.2) is 5.13 Å². The lowest BCUT2D eigenvalue weighted by Gasteiger charge is -2.07. The molecule has 0 unspecified atom stereocenters. The van der Waals surface area contributed by atoms with E-state index in [1.807, 2.05) is 24.3 Å². The Morgan fingerprint density at radius 1 is 1.52 bits per heavy atom. The van der Waals surface area contributed by atoms with Crippen LogP contribution in [0.25, 0.3) is 0 Å². The Kier molecular flexibility index (Phi) is 4.53. The van der Waals surface area contributed by atoms with Crippen LogP contribution in [0.4, 0.5) is 5.13 Å². The van der Waals surface area contributed by atoms with E-state index < -0.39 is 0 Å². The first kappa shape index (κ1) is 14.5. The average Bonchev–Trinajstić information content (AvgIpc) is 3.10. The highest BCUT2D eigenvalue weighted by Gasteiger charge is 2.24. The third-order valence-corrected chi connectivity index (χ3v) is 4.42. The molecule has 1 aliphatic heterocycles. The number of carbonyl (C=O) groups excluding carboxylic acids is 1. The summed E-state index contributed by atoms with van der Waals surface area (Å²) >= 11 is 7.45. The minimum absolute atomic E-state index is 0.101. The number of thiazole rings is 1. The predicted molar refractivity (Wildman–Crippen MR) is 84.0 cm³/mol. The van der Waals surface area contributed by atoms with E-state index in [1.54, 1.807) is 6.20 Å². The van der Waals surface area contributed by atoms with Gasteiger partial charge in [0.2, 0.25) is 0 Å². The van der Waals surface area contributed by atoms with Crippen molar-refractivity contribution in [1.82, 2.24) is 4.98 Å². The van der Waals surface area contributed by atoms with E-state index in [2.05, 4.69) is 10.3 Å². The highest BCUT2D eigenvalue weighted by Crippen LogP contribution is 2.23. The van der Waals surface area contributed by atoms with Crippen LogP contribution >= 0.6 is 22.9 Å². The lowest BCUT2D eigenvalue weighted by Crippen LogP contribution is -2.26. The van der Waals surface area contributed by atoms with Gasteiger partial charge in [-0.15, -0.1) is 11.3 Å². The summed E-state index contributed by atoms with van der Waals surface area (Å²) in [5, 5.41) is 4.16. The molecule has 110 valence electrons. The molecule has 1 fully saturated rings. The van der Waals surface area contributed by atoms with Gasteiger partial charge in [0.05, 0.1) is 0 Å². The summed E-state index contributed by atoms with van der Waals surface area (Å²) < 4.78 is 5.35. The van der Waals surface area contributed by atoms with Crippen molar-refractivity contribution in [2.45, 2.75) is 25.4 Å². The van der Waals surface area contributed by atoms with Gasteiger partial charge in [0.1, 0.15) is 6.10 Å². The Hall–Kier alpha value is -1.43. The Labute approximate surface area is 132 Å². The van der Waals surface area contributed by atoms with Gasteiger partial charge < -0.3 is 4.74 Å². The van der Waals surface area contributed by atoms with Crippen LogP contribution in [-0.4, -0.2) is 23.6 Å². The van der Waals surface area contributed by atoms with Gasteiger partial charge in [-0.2, -0.15) is 0 Å². The van der Waals surface area contributed by atoms with Crippen LogP contribution in [0.3, 0.4) is 0 Å². The first-order valence-electron chi connectivity index (χ1n) is 6.82. The van der Waals surface area contributed by atoms with Gasteiger partial charge >= 0.3 is 0 Å². The molecule has 1 amide bonds. The van der Waals surface area contributed by atoms with Crippen LogP contribution in [0.2, 0.25) is 5.02 Å². The molecule has 1 aromatic heterocycles. The van der Waals surface area contributed by atoms with Crippen LogP contribution in [0.15, 0.2) is 30.5 Å². The maximum Gasteiger partial charge on any atom is 0.255 e. The molecule has 0 radical (unpaired) electrons. The molecule has 2 heterocycles. The highest BCUT2D eigenvalue weighted by molar-refractivity contribution is 7.15. The normalized spacial score (nSPS) is 17.9. The SMILES string of the molecule is O=C(Nc1ncc(Cc2cccc(Cl)c2)s1)[C@H]1CCCO1. The Bertz CT molecular complexity index is 638. The molecule has 0 spiro atoms. The summed E-state index contributed by atoms with van der Waals surface area (Å²) in [6.07, 6.45) is 3.94. The second kappa shape index (κ2) is 6.56. The molecule has 0 saturated carbocycles. The molecule has 0 bridgehead atoms. The number of rotatable bonds is 4. The van der Waals surface area contributed by atoms with Gasteiger partial charge in [0.25, 0.3) is 5.91 Å². The first-order chi connectivity index (χ1) is 10.2. The quantitative estimate of drug-likeness (QED) is 0.937. The molecule has 2 aromatic rings. The van der Waals surface area contributed by atoms with Crippen molar-refractivity contribution in [3.63, 3.8) is 0 Å². The molecule has 1 aromatic carbocycles. The largest absolute Gasteiger partial charge is 0.368 e. The van der Waals surface area contributed by atoms with Gasteiger partial charge in [0, 0.05) is 29.1 Å². The molecule has 4 nitrogen and oxygen atoms in total. The molecule has 21 heavy (non-hydrogen) atoms.